The largest absolute Gasteiger partial charge is 0.481 e. The van der Waals surface area contributed by atoms with E-state index in [1.165, 1.54) is 19.2 Å². The van der Waals surface area contributed by atoms with E-state index in [4.69, 9.17) is 32.6 Å². The number of aliphatic hydroxyl groups is 2. The number of aliphatic hydroxyl groups excluding tert-OH is 1. The van der Waals surface area contributed by atoms with Crippen LogP contribution in [0, 0.1) is 42.4 Å². The maximum atomic E-state index is 13.0. The molecule has 5 saturated heterocycles. The maximum Gasteiger partial charge on any atom is 0.308 e. The van der Waals surface area contributed by atoms with Crippen LogP contribution in [-0.2, 0) is 47.5 Å². The van der Waals surface area contributed by atoms with Gasteiger partial charge >= 0.3 is 5.97 Å². The van der Waals surface area contributed by atoms with E-state index in [1.54, 1.807) is 19.1 Å². The smallest absolute Gasteiger partial charge is 0.308 e. The van der Waals surface area contributed by atoms with Gasteiger partial charge < -0.3 is 43.7 Å². The molecule has 0 saturated carbocycles. The molecule has 0 aliphatic carbocycles. The predicted molar refractivity (Wildman–Crippen MR) is 210 cm³/mol. The second-order valence-corrected chi connectivity index (χ2v) is 20.3. The van der Waals surface area contributed by atoms with Crippen molar-refractivity contribution < 1.29 is 61.1 Å². The molecule has 0 radical (unpaired) electrons. The minimum atomic E-state index is -4.12. The van der Waals surface area contributed by atoms with E-state index in [1.807, 2.05) is 27.7 Å². The Morgan fingerprint density at radius 1 is 1.00 bits per heavy atom. The molecule has 5 aliphatic rings. The van der Waals surface area contributed by atoms with Gasteiger partial charge in [0.1, 0.15) is 6.61 Å². The molecule has 1 aromatic rings. The van der Waals surface area contributed by atoms with Crippen molar-refractivity contribution in [2.45, 2.75) is 184 Å². The molecule has 0 amide bonds. The van der Waals surface area contributed by atoms with Crippen LogP contribution >= 0.6 is 0 Å². The van der Waals surface area contributed by atoms with Crippen molar-refractivity contribution in [2.75, 3.05) is 13.7 Å². The molecule has 0 bridgehead atoms. The second kappa shape index (κ2) is 16.6. The highest BCUT2D eigenvalue weighted by Gasteiger charge is 2.62. The summed E-state index contributed by atoms with van der Waals surface area (Å²) in [4.78, 5) is 11.9. The van der Waals surface area contributed by atoms with Crippen LogP contribution in [0.5, 0.6) is 0 Å². The van der Waals surface area contributed by atoms with Crippen LogP contribution in [0.2, 0.25) is 0 Å². The minimum Gasteiger partial charge on any atom is -0.481 e. The van der Waals surface area contributed by atoms with E-state index in [0.717, 1.165) is 18.4 Å². The van der Waals surface area contributed by atoms with Gasteiger partial charge in [0.2, 0.25) is 0 Å². The first-order valence-corrected chi connectivity index (χ1v) is 22.5. The Hall–Kier alpha value is -1.72. The molecule has 5 aliphatic heterocycles. The number of hydrogen-bond donors (Lipinski definition) is 3. The predicted octanol–water partition coefficient (Wildman–Crippen LogP) is 5.99. The number of aliphatic carboxylic acids is 1. The third-order valence-electron chi connectivity index (χ3n) is 14.5. The van der Waals surface area contributed by atoms with Gasteiger partial charge in [0.15, 0.2) is 11.6 Å². The maximum absolute atomic E-state index is 13.0. The fourth-order valence-corrected chi connectivity index (χ4v) is 11.8. The molecule has 1 aromatic carbocycles. The zero-order valence-electron chi connectivity index (χ0n) is 35.5. The number of rotatable bonds is 13. The average molecular weight is 825 g/mol. The van der Waals surface area contributed by atoms with Crippen LogP contribution in [-0.4, -0.2) is 109 Å². The van der Waals surface area contributed by atoms with Crippen LogP contribution < -0.4 is 0 Å². The Morgan fingerprint density at radius 2 is 1.68 bits per heavy atom. The van der Waals surface area contributed by atoms with Crippen molar-refractivity contribution >= 4 is 16.1 Å². The quantitative estimate of drug-likeness (QED) is 0.198. The van der Waals surface area contributed by atoms with Gasteiger partial charge in [-0.25, -0.2) is 0 Å². The molecule has 0 unspecified atom stereocenters. The summed E-state index contributed by atoms with van der Waals surface area (Å²) in [5.41, 5.74) is -0.370. The van der Waals surface area contributed by atoms with Crippen LogP contribution in [0.25, 0.3) is 0 Å². The lowest BCUT2D eigenvalue weighted by molar-refractivity contribution is -0.336. The molecule has 13 nitrogen and oxygen atoms in total. The SMILES string of the molecule is CC[C@@]1([C@@H]2O[C@@H]([C@H]3O[C@@](O)(COS(=O)(=O)c4ccc(C)cc4)[C@H](C)C[C@@H]3C)C[C@@H]2C)CC[C@H]([C@]2(C)CC[C@]3(C[C@H](O)[C@@H](C)[C@@H]([C@@H](C)[C@@H](OC)[C@@H](C)C(=O)O)O3)O2)O1. The van der Waals surface area contributed by atoms with Gasteiger partial charge in [0.25, 0.3) is 10.1 Å². The first-order valence-electron chi connectivity index (χ1n) is 21.1. The summed E-state index contributed by atoms with van der Waals surface area (Å²) in [6.45, 7) is 17.1. The molecule has 324 valence electrons. The molecule has 6 rings (SSSR count). The number of hydrogen-bond acceptors (Lipinski definition) is 12. The molecule has 5 heterocycles. The molecule has 0 aromatic heterocycles. The minimum absolute atomic E-state index is 0.0211. The van der Waals surface area contributed by atoms with Crippen LogP contribution in [0.3, 0.4) is 0 Å². The molecule has 57 heavy (non-hydrogen) atoms. The van der Waals surface area contributed by atoms with E-state index >= 15 is 0 Å². The van der Waals surface area contributed by atoms with E-state index < -0.39 is 75.8 Å². The van der Waals surface area contributed by atoms with Gasteiger partial charge in [-0.3, -0.25) is 8.98 Å². The molecular weight excluding hydrogens is 757 g/mol. The molecule has 3 N–H and O–H groups in total. The summed E-state index contributed by atoms with van der Waals surface area (Å²) in [5.74, 6) is -5.39. The van der Waals surface area contributed by atoms with E-state index in [9.17, 15) is 28.5 Å². The van der Waals surface area contributed by atoms with E-state index in [-0.39, 0.29) is 52.8 Å². The van der Waals surface area contributed by atoms with Gasteiger partial charge in [0, 0.05) is 37.7 Å². The Kier molecular flexibility index (Phi) is 13.1. The molecule has 5 fully saturated rings. The van der Waals surface area contributed by atoms with Gasteiger partial charge in [0.05, 0.1) is 64.7 Å². The summed E-state index contributed by atoms with van der Waals surface area (Å²) in [6, 6.07) is 6.38. The van der Waals surface area contributed by atoms with Gasteiger partial charge in [-0.1, -0.05) is 59.2 Å². The van der Waals surface area contributed by atoms with Crippen molar-refractivity contribution in [1.82, 2.24) is 0 Å². The Labute approximate surface area is 339 Å². The lowest BCUT2D eigenvalue weighted by Gasteiger charge is -2.49. The lowest BCUT2D eigenvalue weighted by atomic mass is 9.78. The second-order valence-electron chi connectivity index (χ2n) is 18.7. The third kappa shape index (κ3) is 8.61. The number of carbonyl (C=O) groups is 1. The van der Waals surface area contributed by atoms with Crippen LogP contribution in [0.15, 0.2) is 29.2 Å². The van der Waals surface area contributed by atoms with E-state index in [2.05, 4.69) is 27.7 Å². The van der Waals surface area contributed by atoms with Gasteiger partial charge in [-0.15, -0.1) is 0 Å². The highest BCUT2D eigenvalue weighted by Crippen LogP contribution is 2.55. The summed E-state index contributed by atoms with van der Waals surface area (Å²) in [5, 5.41) is 32.9. The highest BCUT2D eigenvalue weighted by atomic mass is 32.2. The first kappa shape index (κ1) is 44.8. The Morgan fingerprint density at radius 3 is 2.32 bits per heavy atom. The fraction of sp³-hybridized carbons (Fsp3) is 0.837. The van der Waals surface area contributed by atoms with E-state index in [0.29, 0.717) is 38.5 Å². The third-order valence-corrected chi connectivity index (χ3v) is 15.8. The fourth-order valence-electron chi connectivity index (χ4n) is 10.8. The first-order chi connectivity index (χ1) is 26.6. The number of benzene rings is 1. The van der Waals surface area contributed by atoms with Crippen LogP contribution in [0.4, 0.5) is 0 Å². The molecule has 1 spiro atoms. The Bertz CT molecular complexity index is 1670. The monoisotopic (exact) mass is 824 g/mol. The van der Waals surface area contributed by atoms with Crippen molar-refractivity contribution in [3.63, 3.8) is 0 Å². The Balaban J connectivity index is 1.12. The number of carboxylic acids is 1. The summed E-state index contributed by atoms with van der Waals surface area (Å²) < 4.78 is 71.4. The number of methoxy groups -OCH3 is 1. The molecule has 17 atom stereocenters. The average Bonchev–Trinajstić information content (AvgIpc) is 3.87. The lowest BCUT2D eigenvalue weighted by Crippen LogP contribution is -2.57. The molecule has 14 heteroatoms. The van der Waals surface area contributed by atoms with Crippen molar-refractivity contribution in [3.05, 3.63) is 29.8 Å². The summed E-state index contributed by atoms with van der Waals surface area (Å²) >= 11 is 0. The summed E-state index contributed by atoms with van der Waals surface area (Å²) in [6.07, 6.45) is 1.89. The normalized spacial score (nSPS) is 44.3. The number of carboxylic acid groups (broad SMARTS) is 1. The zero-order valence-corrected chi connectivity index (χ0v) is 36.3. The standard InChI is InChI=1S/C43H68O13S/c1-11-41(17-16-34(53-41)40(9)18-19-42(56-40)22-32(44)28(6)37(54-42)29(7)36(50-10)30(8)39(45)46)38-26(4)21-33(52-38)35-25(3)20-27(5)43(47,55-35)23-51-57(48,49)31-14-12-24(2)13-15-31/h12-15,25-30,32-38,44,47H,11,16-23H2,1-10H3,(H,45,46)/t25-,26-,27+,28+,29-,30+,32-,33+,34+,35-,36+,37-,38+,40-,41-,42+,43-/m0/s1. The van der Waals surface area contributed by atoms with Gasteiger partial charge in [-0.05, 0) is 83.3 Å². The van der Waals surface area contributed by atoms with Crippen molar-refractivity contribution in [2.24, 2.45) is 35.5 Å². The van der Waals surface area contributed by atoms with Crippen molar-refractivity contribution in [3.8, 4) is 0 Å². The van der Waals surface area contributed by atoms with Crippen LogP contribution in [0.1, 0.15) is 112 Å². The zero-order chi connectivity index (χ0) is 41.9. The van der Waals surface area contributed by atoms with Gasteiger partial charge in [-0.2, -0.15) is 8.42 Å². The number of ether oxygens (including phenoxy) is 6. The number of aryl methyl sites for hydroxylation is 1. The van der Waals surface area contributed by atoms with Crippen molar-refractivity contribution in [1.29, 1.82) is 0 Å². The topological polar surface area (TPSA) is 177 Å². The molecular formula is C43H68O13S. The highest BCUT2D eigenvalue weighted by molar-refractivity contribution is 7.86. The summed E-state index contributed by atoms with van der Waals surface area (Å²) in [7, 11) is -2.61.